The third-order valence-electron chi connectivity index (χ3n) is 9.13. The van der Waals surface area contributed by atoms with E-state index in [2.05, 4.69) is 19.9 Å². The number of ether oxygens (including phenoxy) is 1. The van der Waals surface area contributed by atoms with Gasteiger partial charge in [-0.1, -0.05) is 25.5 Å². The number of allylic oxidation sites excluding steroid dienone is 1. The third-order valence-corrected chi connectivity index (χ3v) is 9.13. The second-order valence-corrected chi connectivity index (χ2v) is 10.1. The monoisotopic (exact) mass is 374 g/mol. The maximum Gasteiger partial charge on any atom is 0.302 e. The molecule has 4 rings (SSSR count). The van der Waals surface area contributed by atoms with Gasteiger partial charge in [0.15, 0.2) is 5.78 Å². The maximum atomic E-state index is 12.3. The van der Waals surface area contributed by atoms with E-state index in [4.69, 9.17) is 4.74 Å². The highest BCUT2D eigenvalue weighted by molar-refractivity contribution is 5.86. The van der Waals surface area contributed by atoms with Crippen molar-refractivity contribution in [2.45, 2.75) is 90.8 Å². The Morgan fingerprint density at radius 1 is 1.07 bits per heavy atom. The first-order chi connectivity index (χ1) is 12.6. The fourth-order valence-corrected chi connectivity index (χ4v) is 7.56. The van der Waals surface area contributed by atoms with Crippen molar-refractivity contribution in [2.24, 2.45) is 28.6 Å². The van der Waals surface area contributed by atoms with E-state index in [1.165, 1.54) is 12.5 Å². The van der Waals surface area contributed by atoms with Crippen LogP contribution in [-0.4, -0.2) is 28.6 Å². The summed E-state index contributed by atoms with van der Waals surface area (Å²) in [7, 11) is 0. The van der Waals surface area contributed by atoms with Crippen molar-refractivity contribution in [1.82, 2.24) is 0 Å². The van der Waals surface area contributed by atoms with Crippen molar-refractivity contribution in [2.75, 3.05) is 0 Å². The molecule has 3 saturated carbocycles. The zero-order valence-electron chi connectivity index (χ0n) is 17.2. The summed E-state index contributed by atoms with van der Waals surface area (Å²) in [5, 5.41) is 11.2. The minimum Gasteiger partial charge on any atom is -0.462 e. The Kier molecular flexibility index (Phi) is 4.38. The minimum atomic E-state index is -1.14. The Hall–Kier alpha value is -1.16. The van der Waals surface area contributed by atoms with Gasteiger partial charge in [-0.15, -0.1) is 0 Å². The lowest BCUT2D eigenvalue weighted by molar-refractivity contribution is -0.160. The number of ketones is 1. The lowest BCUT2D eigenvalue weighted by Gasteiger charge is -2.58. The van der Waals surface area contributed by atoms with E-state index in [9.17, 15) is 14.7 Å². The number of rotatable bonds is 2. The number of esters is 1. The number of Topliss-reactive ketones (excluding diaryl/α,β-unsaturated/α-hetero) is 1. The van der Waals surface area contributed by atoms with Crippen LogP contribution in [0.3, 0.4) is 0 Å². The van der Waals surface area contributed by atoms with Gasteiger partial charge in [0.2, 0.25) is 0 Å². The average Bonchev–Trinajstić information content (AvgIpc) is 2.87. The second kappa shape index (κ2) is 6.17. The fourth-order valence-electron chi connectivity index (χ4n) is 7.56. The minimum absolute atomic E-state index is 0.0292. The summed E-state index contributed by atoms with van der Waals surface area (Å²) in [6, 6.07) is 0. The molecule has 150 valence electrons. The smallest absolute Gasteiger partial charge is 0.302 e. The standard InChI is InChI=1S/C23H34O4/c1-14(24)23(26)12-9-20-18-6-5-16-13-17(27-15(2)25)7-10-21(16,3)19(18)8-11-22(20,23)4/h5,17-20,26H,6-13H2,1-4H3/t17-,18+,19-,20+,21+,22-,23-/m0/s1. The molecule has 4 aliphatic rings. The van der Waals surface area contributed by atoms with E-state index < -0.39 is 5.60 Å². The van der Waals surface area contributed by atoms with Gasteiger partial charge >= 0.3 is 5.97 Å². The Labute approximate surface area is 162 Å². The molecule has 0 spiro atoms. The van der Waals surface area contributed by atoms with Crippen molar-refractivity contribution in [3.8, 4) is 0 Å². The van der Waals surface area contributed by atoms with Crippen LogP contribution in [0.5, 0.6) is 0 Å². The van der Waals surface area contributed by atoms with E-state index >= 15 is 0 Å². The van der Waals surface area contributed by atoms with Crippen molar-refractivity contribution >= 4 is 11.8 Å². The number of hydrogen-bond acceptors (Lipinski definition) is 4. The first kappa shape index (κ1) is 19.2. The highest BCUT2D eigenvalue weighted by Gasteiger charge is 2.65. The first-order valence-corrected chi connectivity index (χ1v) is 10.7. The number of carbonyl (C=O) groups is 2. The van der Waals surface area contributed by atoms with E-state index in [1.807, 2.05) is 0 Å². The van der Waals surface area contributed by atoms with Gasteiger partial charge in [-0.3, -0.25) is 9.59 Å². The van der Waals surface area contributed by atoms with Crippen LogP contribution in [0.25, 0.3) is 0 Å². The Morgan fingerprint density at radius 2 is 1.78 bits per heavy atom. The summed E-state index contributed by atoms with van der Waals surface area (Å²) in [6.07, 6.45) is 9.96. The summed E-state index contributed by atoms with van der Waals surface area (Å²) in [4.78, 5) is 23.7. The molecule has 4 heteroatoms. The molecule has 4 nitrogen and oxygen atoms in total. The maximum absolute atomic E-state index is 12.3. The van der Waals surface area contributed by atoms with Gasteiger partial charge in [-0.2, -0.15) is 0 Å². The van der Waals surface area contributed by atoms with Crippen molar-refractivity contribution < 1.29 is 19.4 Å². The van der Waals surface area contributed by atoms with Crippen LogP contribution in [0.4, 0.5) is 0 Å². The summed E-state index contributed by atoms with van der Waals surface area (Å²) < 4.78 is 5.51. The lowest BCUT2D eigenvalue weighted by atomic mass is 9.47. The van der Waals surface area contributed by atoms with E-state index in [0.29, 0.717) is 24.2 Å². The number of aliphatic hydroxyl groups is 1. The summed E-state index contributed by atoms with van der Waals surface area (Å²) in [5.41, 5.74) is 0.235. The Bertz CT molecular complexity index is 696. The van der Waals surface area contributed by atoms with Crippen molar-refractivity contribution in [3.05, 3.63) is 11.6 Å². The molecule has 7 atom stereocenters. The molecule has 0 unspecified atom stereocenters. The van der Waals surface area contributed by atoms with E-state index in [0.717, 1.165) is 44.9 Å². The molecule has 0 radical (unpaired) electrons. The number of hydrogen-bond donors (Lipinski definition) is 1. The fraction of sp³-hybridized carbons (Fsp3) is 0.826. The molecule has 1 N–H and O–H groups in total. The van der Waals surface area contributed by atoms with Crippen LogP contribution < -0.4 is 0 Å². The molecule has 0 aliphatic heterocycles. The van der Waals surface area contributed by atoms with Gasteiger partial charge in [0.1, 0.15) is 11.7 Å². The quantitative estimate of drug-likeness (QED) is 0.581. The van der Waals surface area contributed by atoms with Gasteiger partial charge in [-0.25, -0.2) is 0 Å². The van der Waals surface area contributed by atoms with Crippen molar-refractivity contribution in [1.29, 1.82) is 0 Å². The molecule has 0 saturated heterocycles. The molecule has 0 aromatic carbocycles. The Morgan fingerprint density at radius 3 is 2.44 bits per heavy atom. The van der Waals surface area contributed by atoms with Crippen LogP contribution >= 0.6 is 0 Å². The molecule has 27 heavy (non-hydrogen) atoms. The molecule has 4 aliphatic carbocycles. The molecule has 0 aromatic rings. The first-order valence-electron chi connectivity index (χ1n) is 10.7. The van der Waals surface area contributed by atoms with Gasteiger partial charge in [0, 0.05) is 18.8 Å². The SMILES string of the molecule is CC(=O)O[C@H]1CC[C@]2(C)C(=CC[C@H]3[C@H]4CC[C@](O)(C(C)=O)[C@@]4(C)CC[C@@H]32)C1. The zero-order chi connectivity index (χ0) is 19.6. The normalized spacial score (nSPS) is 48.7. The zero-order valence-corrected chi connectivity index (χ0v) is 17.2. The predicted molar refractivity (Wildman–Crippen MR) is 103 cm³/mol. The topological polar surface area (TPSA) is 63.6 Å². The largest absolute Gasteiger partial charge is 0.462 e. The Balaban J connectivity index is 1.61. The van der Waals surface area contributed by atoms with E-state index in [1.54, 1.807) is 6.92 Å². The molecular formula is C23H34O4. The molecule has 0 amide bonds. The summed E-state index contributed by atoms with van der Waals surface area (Å²) in [5.74, 6) is 1.36. The summed E-state index contributed by atoms with van der Waals surface area (Å²) in [6.45, 7) is 7.64. The second-order valence-electron chi connectivity index (χ2n) is 10.1. The van der Waals surface area contributed by atoms with Crippen LogP contribution in [-0.2, 0) is 14.3 Å². The van der Waals surface area contributed by atoms with Crippen LogP contribution in [0.1, 0.15) is 79.1 Å². The van der Waals surface area contributed by atoms with Gasteiger partial charge in [0.05, 0.1) is 0 Å². The molecular weight excluding hydrogens is 340 g/mol. The summed E-state index contributed by atoms with van der Waals surface area (Å²) >= 11 is 0. The van der Waals surface area contributed by atoms with Crippen LogP contribution in [0, 0.1) is 28.6 Å². The van der Waals surface area contributed by atoms with Gasteiger partial charge in [0.25, 0.3) is 0 Å². The molecule has 0 heterocycles. The number of carbonyl (C=O) groups excluding carboxylic acids is 2. The van der Waals surface area contributed by atoms with Crippen LogP contribution in [0.15, 0.2) is 11.6 Å². The predicted octanol–water partition coefficient (Wildman–Crippen LogP) is 4.20. The molecule has 0 bridgehead atoms. The average molecular weight is 375 g/mol. The third kappa shape index (κ3) is 2.58. The highest BCUT2D eigenvalue weighted by Crippen LogP contribution is 2.67. The lowest BCUT2D eigenvalue weighted by Crippen LogP contribution is -2.57. The van der Waals surface area contributed by atoms with Crippen LogP contribution in [0.2, 0.25) is 0 Å². The van der Waals surface area contributed by atoms with E-state index in [-0.39, 0.29) is 28.7 Å². The van der Waals surface area contributed by atoms with Gasteiger partial charge < -0.3 is 9.84 Å². The van der Waals surface area contributed by atoms with Gasteiger partial charge in [-0.05, 0) is 75.0 Å². The molecule has 3 fully saturated rings. The highest BCUT2D eigenvalue weighted by atomic mass is 16.5. The molecule has 0 aromatic heterocycles. The van der Waals surface area contributed by atoms with Crippen molar-refractivity contribution in [3.63, 3.8) is 0 Å². The number of fused-ring (bicyclic) bond motifs is 5.